The quantitative estimate of drug-likeness (QED) is 0.133. The molecule has 0 fully saturated rings. The van der Waals surface area contributed by atoms with Crippen molar-refractivity contribution in [2.24, 2.45) is 0 Å². The van der Waals surface area contributed by atoms with Crippen molar-refractivity contribution in [3.05, 3.63) is 388 Å². The van der Waals surface area contributed by atoms with Crippen molar-refractivity contribution >= 4 is 0 Å². The Morgan fingerprint density at radius 1 is 0.191 bits per heavy atom. The minimum absolute atomic E-state index is 0.887. The Morgan fingerprint density at radius 2 is 0.543 bits per heavy atom. The van der Waals surface area contributed by atoms with E-state index >= 15 is 0 Å². The minimum Gasteiger partial charge on any atom is -0.457 e. The van der Waals surface area contributed by atoms with Gasteiger partial charge in [0, 0.05) is 0 Å². The second kappa shape index (κ2) is 35.5. The molecule has 0 N–H and O–H groups in total. The van der Waals surface area contributed by atoms with Gasteiger partial charge in [0.05, 0.1) is 0 Å². The molecule has 0 atom stereocenters. The topological polar surface area (TPSA) is 9.23 Å². The molecule has 0 amide bonds. The highest BCUT2D eigenvalue weighted by Gasteiger charge is 2.06. The van der Waals surface area contributed by atoms with Gasteiger partial charge in [0.1, 0.15) is 11.5 Å². The smallest absolute Gasteiger partial charge is 0.130 e. The number of aryl methyl sites for hydroxylation is 18. The van der Waals surface area contributed by atoms with Crippen LogP contribution in [-0.2, 0) is 19.3 Å². The summed E-state index contributed by atoms with van der Waals surface area (Å²) in [4.78, 5) is 0. The van der Waals surface area contributed by atoms with Crippen molar-refractivity contribution in [2.75, 3.05) is 0 Å². The van der Waals surface area contributed by atoms with Gasteiger partial charge in [-0.05, 0) is 251 Å². The Balaban J connectivity index is 0.000000160. The predicted octanol–water partition coefficient (Wildman–Crippen LogP) is 25.6. The molecule has 0 aliphatic heterocycles. The summed E-state index contributed by atoms with van der Waals surface area (Å²) in [6, 6.07) is 91.4. The van der Waals surface area contributed by atoms with Crippen LogP contribution in [-0.4, -0.2) is 0 Å². The van der Waals surface area contributed by atoms with Crippen molar-refractivity contribution in [1.82, 2.24) is 0 Å². The van der Waals surface area contributed by atoms with Gasteiger partial charge < -0.3 is 4.74 Å². The van der Waals surface area contributed by atoms with Crippen LogP contribution in [0.25, 0.3) is 22.3 Å². The van der Waals surface area contributed by atoms with Crippen LogP contribution in [0.3, 0.4) is 0 Å². The number of hydrogen-bond acceptors (Lipinski definition) is 1. The Kier molecular flexibility index (Phi) is 27.1. The molecule has 0 aliphatic rings. The third-order valence-corrected chi connectivity index (χ3v) is 16.9. The van der Waals surface area contributed by atoms with Gasteiger partial charge in [-0.25, -0.2) is 0 Å². The maximum atomic E-state index is 5.82. The van der Waals surface area contributed by atoms with Crippen LogP contribution in [0.2, 0.25) is 0 Å². The van der Waals surface area contributed by atoms with E-state index in [0.717, 1.165) is 30.8 Å². The van der Waals surface area contributed by atoms with Crippen LogP contribution in [0.4, 0.5) is 0 Å². The molecule has 0 heterocycles. The largest absolute Gasteiger partial charge is 0.457 e. The van der Waals surface area contributed by atoms with Gasteiger partial charge >= 0.3 is 0 Å². The zero-order chi connectivity index (χ0) is 67.8. The monoisotopic (exact) mass is 1230 g/mol. The molecule has 0 bridgehead atoms. The van der Waals surface area contributed by atoms with Gasteiger partial charge in [-0.1, -0.05) is 303 Å². The molecule has 0 spiro atoms. The number of benzene rings is 12. The van der Waals surface area contributed by atoms with E-state index in [4.69, 9.17) is 4.74 Å². The first-order valence-electron chi connectivity index (χ1n) is 33.4. The van der Waals surface area contributed by atoms with Crippen LogP contribution >= 0.6 is 0 Å². The Morgan fingerprint density at radius 3 is 1.00 bits per heavy atom. The van der Waals surface area contributed by atoms with Crippen molar-refractivity contribution in [3.8, 4) is 33.8 Å². The average Bonchev–Trinajstić information content (AvgIpc) is 0.959. The SMILES string of the molecule is Cc1ccc(-c2ccc(C)c(C)c2)cc1.Cc1ccc(-c2ccc(C)cc2C)cc1.Cc1ccc(Cc2cc(C)cc(C)c2)cc1.Cc1ccc(Oc2ccc(C)cc2C)cc1.Cc1cccc(Cc2cc(C)cc(C)c2)c1.Cc1cccc(Cc2ccc(C)c(C)c2)c1. The van der Waals surface area contributed by atoms with E-state index in [2.05, 4.69) is 361 Å². The van der Waals surface area contributed by atoms with Gasteiger partial charge in [-0.2, -0.15) is 0 Å². The van der Waals surface area contributed by atoms with Crippen LogP contribution in [0, 0.1) is 125 Å². The zero-order valence-corrected chi connectivity index (χ0v) is 59.8. The Bertz CT molecular complexity index is 4300. The fourth-order valence-corrected chi connectivity index (χ4v) is 11.5. The first kappa shape index (κ1) is 71.9. The van der Waals surface area contributed by atoms with Gasteiger partial charge in [-0.3, -0.25) is 0 Å². The molecule has 0 aromatic heterocycles. The lowest BCUT2D eigenvalue weighted by Crippen LogP contribution is -1.91. The summed E-state index contributed by atoms with van der Waals surface area (Å²) < 4.78 is 5.82. The highest BCUT2D eigenvalue weighted by atomic mass is 16.5. The van der Waals surface area contributed by atoms with E-state index in [1.807, 2.05) is 18.2 Å². The molecule has 480 valence electrons. The van der Waals surface area contributed by atoms with Crippen molar-refractivity contribution in [2.45, 2.75) is 144 Å². The summed E-state index contributed by atoms with van der Waals surface area (Å²) in [7, 11) is 0. The van der Waals surface area contributed by atoms with Crippen molar-refractivity contribution < 1.29 is 4.74 Å². The summed E-state index contributed by atoms with van der Waals surface area (Å²) >= 11 is 0. The summed E-state index contributed by atoms with van der Waals surface area (Å²) in [6.45, 7) is 38.4. The van der Waals surface area contributed by atoms with Gasteiger partial charge in [-0.15, -0.1) is 0 Å². The third-order valence-electron chi connectivity index (χ3n) is 16.9. The molecule has 0 unspecified atom stereocenters. The van der Waals surface area contributed by atoms with E-state index in [1.54, 1.807) is 0 Å². The summed E-state index contributed by atoms with van der Waals surface area (Å²) in [5.41, 5.74) is 37.4. The molecular weight excluding hydrogens is 1130 g/mol. The molecule has 0 saturated carbocycles. The maximum Gasteiger partial charge on any atom is 0.130 e. The van der Waals surface area contributed by atoms with Gasteiger partial charge in [0.2, 0.25) is 0 Å². The number of ether oxygens (including phenoxy) is 1. The van der Waals surface area contributed by atoms with Gasteiger partial charge in [0.15, 0.2) is 0 Å². The predicted molar refractivity (Wildman–Crippen MR) is 409 cm³/mol. The highest BCUT2D eigenvalue weighted by Crippen LogP contribution is 2.28. The second-order valence-corrected chi connectivity index (χ2v) is 26.4. The Labute approximate surface area is 567 Å². The maximum absolute atomic E-state index is 5.82. The van der Waals surface area contributed by atoms with E-state index in [-0.39, 0.29) is 0 Å². The van der Waals surface area contributed by atoms with Crippen LogP contribution < -0.4 is 4.74 Å². The minimum atomic E-state index is 0.887. The number of hydrogen-bond donors (Lipinski definition) is 0. The molecule has 12 rings (SSSR count). The fraction of sp³-hybridized carbons (Fsp3) is 0.226. The lowest BCUT2D eigenvalue weighted by Gasteiger charge is -2.09. The molecule has 12 aromatic carbocycles. The van der Waals surface area contributed by atoms with Crippen molar-refractivity contribution in [3.63, 3.8) is 0 Å². The first-order chi connectivity index (χ1) is 44.9. The lowest BCUT2D eigenvalue weighted by atomic mass is 9.98. The van der Waals surface area contributed by atoms with Crippen LogP contribution in [0.1, 0.15) is 134 Å². The van der Waals surface area contributed by atoms with E-state index < -0.39 is 0 Å². The fourth-order valence-electron chi connectivity index (χ4n) is 11.5. The molecule has 12 aromatic rings. The van der Waals surface area contributed by atoms with Gasteiger partial charge in [0.25, 0.3) is 0 Å². The number of rotatable bonds is 10. The molecule has 1 nitrogen and oxygen atoms in total. The van der Waals surface area contributed by atoms with Crippen molar-refractivity contribution in [1.29, 1.82) is 0 Å². The Hall–Kier alpha value is -9.56. The molecule has 0 aliphatic carbocycles. The first-order valence-corrected chi connectivity index (χ1v) is 33.4. The third kappa shape index (κ3) is 24.2. The van der Waals surface area contributed by atoms with Crippen LogP contribution in [0.5, 0.6) is 11.5 Å². The molecule has 1 heteroatoms. The van der Waals surface area contributed by atoms with E-state index in [1.165, 1.54) is 156 Å². The molecule has 0 radical (unpaired) electrons. The standard InChI is InChI=1S/3C16H18.C15H16O.2C15H16/c1-12-4-6-15(7-5-12)11-16-9-13(2)8-14(3)10-16;1-12-5-4-6-15(8-12)11-16-9-13(2)7-14(3)10-16;1-12-5-4-6-15(9-12)11-16-8-7-13(2)14(3)10-16;1-11-4-7-14(8-5-11)16-15-9-6-12(2)10-13(15)3;1-11-4-7-14(8-5-11)15-9-6-12(2)13(3)10-15;1-11-4-7-14(8-5-11)15-9-6-12(2)10-13(15)3/h3*4-10H,11H2,1-3H3;4-10H,1-3H3;2*4-10H,1-3H3. The molecular formula is C93H102O. The summed E-state index contributed by atoms with van der Waals surface area (Å²) in [5.74, 6) is 1.81. The molecule has 94 heavy (non-hydrogen) atoms. The highest BCUT2D eigenvalue weighted by molar-refractivity contribution is 5.68. The zero-order valence-electron chi connectivity index (χ0n) is 59.8. The average molecular weight is 1240 g/mol. The lowest BCUT2D eigenvalue weighted by molar-refractivity contribution is 0.478. The van der Waals surface area contributed by atoms with E-state index in [0.29, 0.717) is 0 Å². The second-order valence-electron chi connectivity index (χ2n) is 26.4. The van der Waals surface area contributed by atoms with E-state index in [9.17, 15) is 0 Å². The molecule has 0 saturated heterocycles. The van der Waals surface area contributed by atoms with Crippen LogP contribution in [0.15, 0.2) is 255 Å². The summed E-state index contributed by atoms with van der Waals surface area (Å²) in [6.07, 6.45) is 3.09. The summed E-state index contributed by atoms with van der Waals surface area (Å²) in [5, 5.41) is 0. The normalized spacial score (nSPS) is 10.4.